The molecule has 1 aromatic heterocycles. The van der Waals surface area contributed by atoms with Crippen molar-refractivity contribution in [2.45, 2.75) is 12.6 Å². The van der Waals surface area contributed by atoms with Crippen LogP contribution in [0.3, 0.4) is 0 Å². The second kappa shape index (κ2) is 5.28. The molecular formula is C12H8F3IO2S. The van der Waals surface area contributed by atoms with Crippen LogP contribution in [0.2, 0.25) is 0 Å². The van der Waals surface area contributed by atoms with Gasteiger partial charge in [0.2, 0.25) is 0 Å². The first-order chi connectivity index (χ1) is 8.81. The summed E-state index contributed by atoms with van der Waals surface area (Å²) < 4.78 is 43.3. The number of alkyl halides is 3. The Morgan fingerprint density at radius 3 is 2.68 bits per heavy atom. The standard InChI is InChI=1S/C12H8F3IO2S/c1-18-11(17)9-3-7(16)2-8-6(4-12(13,14)15)5-19-10(8)9/h2-3,5H,4H2,1H3. The van der Waals surface area contributed by atoms with Crippen LogP contribution in [0, 0.1) is 3.57 Å². The van der Waals surface area contributed by atoms with Gasteiger partial charge in [-0.05, 0) is 51.1 Å². The van der Waals surface area contributed by atoms with E-state index in [0.717, 1.165) is 11.3 Å². The minimum Gasteiger partial charge on any atom is -0.465 e. The maximum atomic E-state index is 12.5. The summed E-state index contributed by atoms with van der Waals surface area (Å²) in [5, 5.41) is 1.91. The SMILES string of the molecule is COC(=O)c1cc(I)cc2c(CC(F)(F)F)csc12. The number of carbonyl (C=O) groups is 1. The monoisotopic (exact) mass is 400 g/mol. The zero-order chi connectivity index (χ0) is 14.2. The fraction of sp³-hybridized carbons (Fsp3) is 0.250. The predicted molar refractivity (Wildman–Crippen MR) is 75.6 cm³/mol. The largest absolute Gasteiger partial charge is 0.465 e. The Hall–Kier alpha value is -0.830. The van der Waals surface area contributed by atoms with Crippen LogP contribution in [0.15, 0.2) is 17.5 Å². The van der Waals surface area contributed by atoms with Gasteiger partial charge >= 0.3 is 12.1 Å². The maximum absolute atomic E-state index is 12.5. The van der Waals surface area contributed by atoms with Crippen molar-refractivity contribution in [3.63, 3.8) is 0 Å². The van der Waals surface area contributed by atoms with E-state index in [9.17, 15) is 18.0 Å². The second-order valence-electron chi connectivity index (χ2n) is 3.87. The van der Waals surface area contributed by atoms with E-state index < -0.39 is 18.6 Å². The first-order valence-electron chi connectivity index (χ1n) is 5.16. The molecule has 0 saturated heterocycles. The lowest BCUT2D eigenvalue weighted by atomic mass is 10.1. The Bertz CT molecular complexity index is 634. The Kier molecular flexibility index (Phi) is 4.05. The second-order valence-corrected chi connectivity index (χ2v) is 6.00. The van der Waals surface area contributed by atoms with E-state index >= 15 is 0 Å². The number of halogens is 4. The lowest BCUT2D eigenvalue weighted by molar-refractivity contribution is -0.126. The van der Waals surface area contributed by atoms with E-state index in [2.05, 4.69) is 4.74 Å². The van der Waals surface area contributed by atoms with Crippen LogP contribution in [0.25, 0.3) is 10.1 Å². The lowest BCUT2D eigenvalue weighted by Crippen LogP contribution is -2.11. The molecule has 2 nitrogen and oxygen atoms in total. The summed E-state index contributed by atoms with van der Waals surface area (Å²) in [5.41, 5.74) is 0.499. The summed E-state index contributed by atoms with van der Waals surface area (Å²) >= 11 is 3.10. The van der Waals surface area contributed by atoms with E-state index in [-0.39, 0.29) is 5.56 Å². The molecule has 1 heterocycles. The van der Waals surface area contributed by atoms with Gasteiger partial charge in [0.25, 0.3) is 0 Å². The van der Waals surface area contributed by atoms with E-state index in [1.165, 1.54) is 12.5 Å². The van der Waals surface area contributed by atoms with Crippen molar-refractivity contribution in [2.75, 3.05) is 7.11 Å². The van der Waals surface area contributed by atoms with Crippen LogP contribution in [0.4, 0.5) is 13.2 Å². The molecule has 2 rings (SSSR count). The molecule has 0 N–H and O–H groups in total. The van der Waals surface area contributed by atoms with E-state index in [4.69, 9.17) is 0 Å². The Labute approximate surface area is 124 Å². The van der Waals surface area contributed by atoms with Gasteiger partial charge in [-0.1, -0.05) is 0 Å². The molecule has 1 aromatic carbocycles. The van der Waals surface area contributed by atoms with Crippen molar-refractivity contribution in [2.24, 2.45) is 0 Å². The molecule has 0 amide bonds. The van der Waals surface area contributed by atoms with Crippen LogP contribution in [0.1, 0.15) is 15.9 Å². The van der Waals surface area contributed by atoms with Crippen molar-refractivity contribution in [3.8, 4) is 0 Å². The topological polar surface area (TPSA) is 26.3 Å². The van der Waals surface area contributed by atoms with Gasteiger partial charge < -0.3 is 4.74 Å². The summed E-state index contributed by atoms with van der Waals surface area (Å²) in [6.45, 7) is 0. The highest BCUT2D eigenvalue weighted by molar-refractivity contribution is 14.1. The van der Waals surface area contributed by atoms with Crippen molar-refractivity contribution in [1.29, 1.82) is 0 Å². The number of ether oxygens (including phenoxy) is 1. The smallest absolute Gasteiger partial charge is 0.393 e. The van der Waals surface area contributed by atoms with Crippen LogP contribution in [-0.4, -0.2) is 19.3 Å². The molecule has 0 saturated carbocycles. The summed E-state index contributed by atoms with van der Waals surface area (Å²) in [5.74, 6) is -0.538. The van der Waals surface area contributed by atoms with Gasteiger partial charge in [-0.3, -0.25) is 0 Å². The minimum absolute atomic E-state index is 0.191. The van der Waals surface area contributed by atoms with Crippen molar-refractivity contribution in [1.82, 2.24) is 0 Å². The van der Waals surface area contributed by atoms with Gasteiger partial charge in [0.15, 0.2) is 0 Å². The number of hydrogen-bond donors (Lipinski definition) is 0. The van der Waals surface area contributed by atoms with Gasteiger partial charge in [-0.2, -0.15) is 13.2 Å². The van der Waals surface area contributed by atoms with E-state index in [0.29, 0.717) is 19.2 Å². The van der Waals surface area contributed by atoms with Crippen LogP contribution >= 0.6 is 33.9 Å². The average Bonchev–Trinajstić information content (AvgIpc) is 2.68. The van der Waals surface area contributed by atoms with Crippen molar-refractivity contribution in [3.05, 3.63) is 32.2 Å². The molecular weight excluding hydrogens is 392 g/mol. The first kappa shape index (κ1) is 14.6. The molecule has 0 aliphatic heterocycles. The molecule has 0 aliphatic rings. The molecule has 0 bridgehead atoms. The van der Waals surface area contributed by atoms with Gasteiger partial charge in [0, 0.05) is 8.27 Å². The fourth-order valence-electron chi connectivity index (χ4n) is 1.77. The van der Waals surface area contributed by atoms with Gasteiger partial charge in [0.1, 0.15) is 0 Å². The predicted octanol–water partition coefficient (Wildman–Crippen LogP) is 4.40. The number of thiophene rings is 1. The van der Waals surface area contributed by atoms with Gasteiger partial charge in [0.05, 0.1) is 19.1 Å². The molecule has 102 valence electrons. The number of hydrogen-bond acceptors (Lipinski definition) is 3. The van der Waals surface area contributed by atoms with E-state index in [1.54, 1.807) is 12.1 Å². The number of carbonyl (C=O) groups excluding carboxylic acids is 1. The van der Waals surface area contributed by atoms with Gasteiger partial charge in [-0.25, -0.2) is 4.79 Å². The number of rotatable bonds is 2. The van der Waals surface area contributed by atoms with Crippen LogP contribution in [-0.2, 0) is 11.2 Å². The number of fused-ring (bicyclic) bond motifs is 1. The third-order valence-corrected chi connectivity index (χ3v) is 4.22. The third kappa shape index (κ3) is 3.19. The highest BCUT2D eigenvalue weighted by Crippen LogP contribution is 2.34. The summed E-state index contributed by atoms with van der Waals surface area (Å²) in [4.78, 5) is 11.6. The van der Waals surface area contributed by atoms with Crippen molar-refractivity contribution < 1.29 is 22.7 Å². The summed E-state index contributed by atoms with van der Waals surface area (Å²) in [6.07, 6.45) is -5.26. The molecule has 0 unspecified atom stereocenters. The third-order valence-electron chi connectivity index (χ3n) is 2.51. The zero-order valence-corrected chi connectivity index (χ0v) is 12.6. The molecule has 2 aromatic rings. The Morgan fingerprint density at radius 1 is 1.42 bits per heavy atom. The summed E-state index contributed by atoms with van der Waals surface area (Å²) in [7, 11) is 1.25. The minimum atomic E-state index is -4.26. The van der Waals surface area contributed by atoms with E-state index in [1.807, 2.05) is 22.6 Å². The maximum Gasteiger partial charge on any atom is 0.393 e. The molecule has 0 spiro atoms. The fourth-order valence-corrected chi connectivity index (χ4v) is 3.45. The quantitative estimate of drug-likeness (QED) is 0.552. The average molecular weight is 400 g/mol. The number of benzene rings is 1. The lowest BCUT2D eigenvalue weighted by Gasteiger charge is -2.06. The van der Waals surface area contributed by atoms with Gasteiger partial charge in [-0.15, -0.1) is 11.3 Å². The Morgan fingerprint density at radius 2 is 2.11 bits per heavy atom. The normalized spacial score (nSPS) is 11.8. The number of esters is 1. The Balaban J connectivity index is 2.60. The highest BCUT2D eigenvalue weighted by atomic mass is 127. The molecule has 0 fully saturated rings. The highest BCUT2D eigenvalue weighted by Gasteiger charge is 2.29. The molecule has 0 radical (unpaired) electrons. The van der Waals surface area contributed by atoms with Crippen molar-refractivity contribution >= 4 is 50.0 Å². The molecule has 19 heavy (non-hydrogen) atoms. The van der Waals surface area contributed by atoms with Crippen LogP contribution < -0.4 is 0 Å². The molecule has 7 heteroatoms. The molecule has 0 atom stereocenters. The number of methoxy groups -OCH3 is 1. The van der Waals surface area contributed by atoms with Crippen LogP contribution in [0.5, 0.6) is 0 Å². The first-order valence-corrected chi connectivity index (χ1v) is 7.12. The summed E-state index contributed by atoms with van der Waals surface area (Å²) in [6, 6.07) is 3.27. The molecule has 0 aliphatic carbocycles. The zero-order valence-electron chi connectivity index (χ0n) is 9.68.